The van der Waals surface area contributed by atoms with Crippen LogP contribution in [0.2, 0.25) is 5.02 Å². The van der Waals surface area contributed by atoms with E-state index in [0.29, 0.717) is 28.5 Å². The van der Waals surface area contributed by atoms with E-state index in [-0.39, 0.29) is 11.9 Å². The maximum absolute atomic E-state index is 13.3. The molecule has 2 aliphatic rings. The highest BCUT2D eigenvalue weighted by molar-refractivity contribution is 6.30. The normalized spacial score (nSPS) is 17.0. The molecular weight excluding hydrogens is 416 g/mol. The van der Waals surface area contributed by atoms with Gasteiger partial charge in [-0.05, 0) is 32.6 Å². The van der Waals surface area contributed by atoms with Crippen molar-refractivity contribution < 1.29 is 4.79 Å². The van der Waals surface area contributed by atoms with Gasteiger partial charge in [0, 0.05) is 37.6 Å². The van der Waals surface area contributed by atoms with Gasteiger partial charge in [-0.15, -0.1) is 0 Å². The number of hydrogen-bond acceptors (Lipinski definition) is 7. The lowest BCUT2D eigenvalue weighted by atomic mass is 10.0. The summed E-state index contributed by atoms with van der Waals surface area (Å²) in [6.07, 6.45) is 13.8. The minimum Gasteiger partial charge on any atom is -0.341 e. The van der Waals surface area contributed by atoms with E-state index in [0.717, 1.165) is 44.6 Å². The number of aromatic nitrogens is 6. The number of piperidine rings is 1. The van der Waals surface area contributed by atoms with Crippen LogP contribution >= 0.6 is 11.6 Å². The molecule has 5 rings (SSSR count). The van der Waals surface area contributed by atoms with Crippen molar-refractivity contribution in [1.82, 2.24) is 34.4 Å². The van der Waals surface area contributed by atoms with Crippen LogP contribution in [0.3, 0.4) is 0 Å². The molecule has 1 saturated carbocycles. The number of anilines is 1. The minimum absolute atomic E-state index is 0.0369. The summed E-state index contributed by atoms with van der Waals surface area (Å²) in [5.74, 6) is 2.12. The lowest BCUT2D eigenvalue weighted by molar-refractivity contribution is 0.0623. The van der Waals surface area contributed by atoms with Gasteiger partial charge in [0.25, 0.3) is 5.91 Å². The summed E-state index contributed by atoms with van der Waals surface area (Å²) in [7, 11) is 0. The SMILES string of the molecule is Cc1nccn1-c1cnc(C(=O)N(C2CC2)C2CCN(c3ncc(Cl)cn3)CC2)cn1. The molecule has 0 atom stereocenters. The fraction of sp³-hybridized carbons (Fsp3) is 0.429. The van der Waals surface area contributed by atoms with Gasteiger partial charge in [0.05, 0.1) is 29.8 Å². The molecular formula is C21H23ClN8O. The summed E-state index contributed by atoms with van der Waals surface area (Å²) >= 11 is 5.89. The van der Waals surface area contributed by atoms with Crippen LogP contribution in [0.15, 0.2) is 37.2 Å². The number of amides is 1. The second-order valence-electron chi connectivity index (χ2n) is 7.97. The van der Waals surface area contributed by atoms with Gasteiger partial charge in [-0.25, -0.2) is 24.9 Å². The molecule has 1 amide bonds. The molecule has 4 heterocycles. The fourth-order valence-electron chi connectivity index (χ4n) is 4.10. The molecule has 0 N–H and O–H groups in total. The van der Waals surface area contributed by atoms with Gasteiger partial charge in [0.1, 0.15) is 11.5 Å². The van der Waals surface area contributed by atoms with Crippen LogP contribution in [0.1, 0.15) is 42.0 Å². The first-order chi connectivity index (χ1) is 15.1. The van der Waals surface area contributed by atoms with E-state index < -0.39 is 0 Å². The Balaban J connectivity index is 1.28. The van der Waals surface area contributed by atoms with E-state index >= 15 is 0 Å². The molecule has 3 aromatic rings. The Labute approximate surface area is 185 Å². The third-order valence-corrected chi connectivity index (χ3v) is 6.05. The Kier molecular flexibility index (Phi) is 5.27. The lowest BCUT2D eigenvalue weighted by Crippen LogP contribution is -2.49. The second kappa shape index (κ2) is 8.22. The molecule has 0 aromatic carbocycles. The summed E-state index contributed by atoms with van der Waals surface area (Å²) in [5.41, 5.74) is 0.386. The summed E-state index contributed by atoms with van der Waals surface area (Å²) in [6, 6.07) is 0.481. The van der Waals surface area contributed by atoms with Gasteiger partial charge >= 0.3 is 0 Å². The minimum atomic E-state index is -0.0369. The predicted octanol–water partition coefficient (Wildman–Crippen LogP) is 2.69. The highest BCUT2D eigenvalue weighted by atomic mass is 35.5. The number of hydrogen-bond donors (Lipinski definition) is 0. The number of rotatable bonds is 5. The molecule has 31 heavy (non-hydrogen) atoms. The number of halogens is 1. The Morgan fingerprint density at radius 2 is 1.68 bits per heavy atom. The number of carbonyl (C=O) groups is 1. The van der Waals surface area contributed by atoms with Crippen LogP contribution in [0.4, 0.5) is 5.95 Å². The molecule has 9 nitrogen and oxygen atoms in total. The van der Waals surface area contributed by atoms with Gasteiger partial charge in [-0.3, -0.25) is 9.36 Å². The van der Waals surface area contributed by atoms with Gasteiger partial charge < -0.3 is 9.80 Å². The van der Waals surface area contributed by atoms with Crippen molar-refractivity contribution in [3.8, 4) is 5.82 Å². The maximum Gasteiger partial charge on any atom is 0.274 e. The quantitative estimate of drug-likeness (QED) is 0.604. The molecule has 1 aliphatic carbocycles. The van der Waals surface area contributed by atoms with Crippen LogP contribution in [-0.2, 0) is 0 Å². The molecule has 0 spiro atoms. The molecule has 10 heteroatoms. The first kappa shape index (κ1) is 19.9. The lowest BCUT2D eigenvalue weighted by Gasteiger charge is -2.38. The van der Waals surface area contributed by atoms with E-state index in [2.05, 4.69) is 29.8 Å². The third-order valence-electron chi connectivity index (χ3n) is 5.85. The molecule has 160 valence electrons. The van der Waals surface area contributed by atoms with Crippen LogP contribution in [-0.4, -0.2) is 65.5 Å². The van der Waals surface area contributed by atoms with Gasteiger partial charge in [-0.2, -0.15) is 0 Å². The van der Waals surface area contributed by atoms with E-state index in [1.54, 1.807) is 31.0 Å². The standard InChI is InChI=1S/C21H23ClN8O/c1-14-23-6-9-29(14)19-13-24-18(12-25-19)20(31)30(16-2-3-16)17-4-7-28(8-5-17)21-26-10-15(22)11-27-21/h6,9-13,16-17H,2-5,7-8H2,1H3. The zero-order chi connectivity index (χ0) is 21.4. The Hall–Kier alpha value is -3.07. The zero-order valence-corrected chi connectivity index (χ0v) is 18.0. The molecule has 3 aromatic heterocycles. The van der Waals surface area contributed by atoms with Crippen molar-refractivity contribution in [1.29, 1.82) is 0 Å². The molecule has 2 fully saturated rings. The van der Waals surface area contributed by atoms with Crippen molar-refractivity contribution in [2.75, 3.05) is 18.0 Å². The highest BCUT2D eigenvalue weighted by Crippen LogP contribution is 2.33. The number of imidazole rings is 1. The molecule has 1 saturated heterocycles. The van der Waals surface area contributed by atoms with E-state index in [1.165, 1.54) is 0 Å². The summed E-state index contributed by atoms with van der Waals surface area (Å²) < 4.78 is 1.84. The number of carbonyl (C=O) groups excluding carboxylic acids is 1. The van der Waals surface area contributed by atoms with Gasteiger partial charge in [0.2, 0.25) is 5.95 Å². The molecule has 0 radical (unpaired) electrons. The monoisotopic (exact) mass is 438 g/mol. The number of aryl methyl sites for hydroxylation is 1. The smallest absolute Gasteiger partial charge is 0.274 e. The largest absolute Gasteiger partial charge is 0.341 e. The predicted molar refractivity (Wildman–Crippen MR) is 115 cm³/mol. The molecule has 1 aliphatic heterocycles. The van der Waals surface area contributed by atoms with Crippen LogP contribution < -0.4 is 4.90 Å². The summed E-state index contributed by atoms with van der Waals surface area (Å²) in [5, 5.41) is 0.527. The van der Waals surface area contributed by atoms with Gasteiger partial charge in [0.15, 0.2) is 5.82 Å². The Bertz CT molecular complexity index is 1060. The molecule has 0 unspecified atom stereocenters. The van der Waals surface area contributed by atoms with Crippen LogP contribution in [0.5, 0.6) is 0 Å². The maximum atomic E-state index is 13.3. The Morgan fingerprint density at radius 3 is 2.26 bits per heavy atom. The van der Waals surface area contributed by atoms with E-state index in [1.807, 2.05) is 22.6 Å². The average molecular weight is 439 g/mol. The van der Waals surface area contributed by atoms with Crippen LogP contribution in [0.25, 0.3) is 5.82 Å². The van der Waals surface area contributed by atoms with Crippen molar-refractivity contribution >= 4 is 23.5 Å². The first-order valence-electron chi connectivity index (χ1n) is 10.5. The van der Waals surface area contributed by atoms with Crippen LogP contribution in [0, 0.1) is 6.92 Å². The van der Waals surface area contributed by atoms with Crippen molar-refractivity contribution in [3.05, 3.63) is 53.7 Å². The molecule has 0 bridgehead atoms. The number of nitrogens with zero attached hydrogens (tertiary/aromatic N) is 8. The fourth-order valence-corrected chi connectivity index (χ4v) is 4.20. The average Bonchev–Trinajstić information content (AvgIpc) is 3.54. The highest BCUT2D eigenvalue weighted by Gasteiger charge is 2.39. The third kappa shape index (κ3) is 4.10. The zero-order valence-electron chi connectivity index (χ0n) is 17.2. The van der Waals surface area contributed by atoms with E-state index in [9.17, 15) is 4.79 Å². The van der Waals surface area contributed by atoms with Crippen molar-refractivity contribution in [2.45, 2.75) is 44.7 Å². The van der Waals surface area contributed by atoms with Crippen molar-refractivity contribution in [2.24, 2.45) is 0 Å². The summed E-state index contributed by atoms with van der Waals surface area (Å²) in [6.45, 7) is 3.50. The summed E-state index contributed by atoms with van der Waals surface area (Å²) in [4.78, 5) is 39.2. The first-order valence-corrected chi connectivity index (χ1v) is 10.9. The second-order valence-corrected chi connectivity index (χ2v) is 8.40. The van der Waals surface area contributed by atoms with E-state index in [4.69, 9.17) is 11.6 Å². The Morgan fingerprint density at radius 1 is 0.968 bits per heavy atom. The van der Waals surface area contributed by atoms with Crippen molar-refractivity contribution in [3.63, 3.8) is 0 Å². The topological polar surface area (TPSA) is 92.9 Å². The van der Waals surface area contributed by atoms with Gasteiger partial charge in [-0.1, -0.05) is 11.6 Å².